The van der Waals surface area contributed by atoms with Gasteiger partial charge in [-0.05, 0) is 31.1 Å². The average molecular weight is 253 g/mol. The first-order chi connectivity index (χ1) is 8.22. The molecule has 4 nitrogen and oxygen atoms in total. The summed E-state index contributed by atoms with van der Waals surface area (Å²) in [4.78, 5) is 24.9. The van der Waals surface area contributed by atoms with Crippen molar-refractivity contribution >= 4 is 11.8 Å². The summed E-state index contributed by atoms with van der Waals surface area (Å²) < 4.78 is 0. The number of amides is 2. The Kier molecular flexibility index (Phi) is 3.26. The molecule has 4 heteroatoms. The van der Waals surface area contributed by atoms with E-state index < -0.39 is 5.60 Å². The molecular weight excluding hydrogens is 230 g/mol. The van der Waals surface area contributed by atoms with E-state index in [9.17, 15) is 14.7 Å². The van der Waals surface area contributed by atoms with Gasteiger partial charge in [0.1, 0.15) is 0 Å². The normalized spacial score (nSPS) is 30.9. The van der Waals surface area contributed by atoms with Crippen molar-refractivity contribution in [1.29, 1.82) is 0 Å². The van der Waals surface area contributed by atoms with Gasteiger partial charge in [0.05, 0.1) is 12.1 Å². The standard InChI is InChI=1S/C14H23NO3/c1-10-8-11(16)15(12(10)17)9-14(18)6-4-13(2,3)5-7-14/h10,18H,4-9H2,1-3H3. The Bertz CT molecular complexity index is 365. The highest BCUT2D eigenvalue weighted by molar-refractivity contribution is 6.03. The summed E-state index contributed by atoms with van der Waals surface area (Å²) in [5, 5.41) is 10.5. The SMILES string of the molecule is CC1CC(=O)N(CC2(O)CCC(C)(C)CC2)C1=O. The molecule has 1 saturated heterocycles. The number of imide groups is 1. The molecule has 1 saturated carbocycles. The molecule has 1 aliphatic carbocycles. The summed E-state index contributed by atoms with van der Waals surface area (Å²) in [5.41, 5.74) is -0.608. The van der Waals surface area contributed by atoms with Gasteiger partial charge in [0.25, 0.3) is 0 Å². The van der Waals surface area contributed by atoms with E-state index in [1.807, 2.05) is 0 Å². The molecule has 102 valence electrons. The minimum absolute atomic E-state index is 0.127. The number of β-amino-alcohol motifs (C(OH)–C–C–N with tert-alkyl or cyclic N) is 1. The molecule has 0 bridgehead atoms. The van der Waals surface area contributed by atoms with Gasteiger partial charge in [0, 0.05) is 12.3 Å². The molecular formula is C14H23NO3. The molecule has 2 aliphatic rings. The van der Waals surface area contributed by atoms with E-state index in [1.54, 1.807) is 6.92 Å². The third-order valence-corrected chi connectivity index (χ3v) is 4.46. The molecule has 1 N–H and O–H groups in total. The number of carbonyl (C=O) groups excluding carboxylic acids is 2. The van der Waals surface area contributed by atoms with Crippen LogP contribution in [0.4, 0.5) is 0 Å². The predicted octanol–water partition coefficient (Wildman–Crippen LogP) is 1.71. The molecule has 1 unspecified atom stereocenters. The summed E-state index contributed by atoms with van der Waals surface area (Å²) >= 11 is 0. The Hall–Kier alpha value is -0.900. The number of nitrogens with zero attached hydrogens (tertiary/aromatic N) is 1. The largest absolute Gasteiger partial charge is 0.388 e. The Balaban J connectivity index is 2.01. The average Bonchev–Trinajstić information content (AvgIpc) is 2.51. The minimum atomic E-state index is -0.870. The van der Waals surface area contributed by atoms with Crippen molar-refractivity contribution in [3.8, 4) is 0 Å². The monoisotopic (exact) mass is 253 g/mol. The van der Waals surface area contributed by atoms with Crippen LogP contribution in [-0.2, 0) is 9.59 Å². The van der Waals surface area contributed by atoms with Crippen molar-refractivity contribution in [3.05, 3.63) is 0 Å². The van der Waals surface area contributed by atoms with Crippen molar-refractivity contribution in [2.24, 2.45) is 11.3 Å². The molecule has 0 radical (unpaired) electrons. The van der Waals surface area contributed by atoms with Gasteiger partial charge in [-0.15, -0.1) is 0 Å². The highest BCUT2D eigenvalue weighted by atomic mass is 16.3. The van der Waals surface area contributed by atoms with Gasteiger partial charge in [-0.3, -0.25) is 14.5 Å². The molecule has 2 fully saturated rings. The van der Waals surface area contributed by atoms with Crippen LogP contribution in [0.15, 0.2) is 0 Å². The lowest BCUT2D eigenvalue weighted by molar-refractivity contribution is -0.145. The summed E-state index contributed by atoms with van der Waals surface area (Å²) in [6.45, 7) is 6.35. The fourth-order valence-corrected chi connectivity index (χ4v) is 2.86. The molecule has 18 heavy (non-hydrogen) atoms. The molecule has 2 amide bonds. The first kappa shape index (κ1) is 13.5. The maximum absolute atomic E-state index is 11.9. The number of likely N-dealkylation sites (tertiary alicyclic amines) is 1. The Morgan fingerprint density at radius 3 is 2.22 bits per heavy atom. The molecule has 2 rings (SSSR count). The Morgan fingerprint density at radius 1 is 1.22 bits per heavy atom. The molecule has 0 aromatic rings. The van der Waals surface area contributed by atoms with Gasteiger partial charge < -0.3 is 5.11 Å². The number of carbonyl (C=O) groups is 2. The molecule has 1 heterocycles. The zero-order chi connectivity index (χ0) is 13.6. The van der Waals surface area contributed by atoms with Crippen LogP contribution >= 0.6 is 0 Å². The highest BCUT2D eigenvalue weighted by Crippen LogP contribution is 2.41. The van der Waals surface area contributed by atoms with E-state index in [0.717, 1.165) is 12.8 Å². The first-order valence-electron chi connectivity index (χ1n) is 6.79. The smallest absolute Gasteiger partial charge is 0.232 e. The van der Waals surface area contributed by atoms with Gasteiger partial charge >= 0.3 is 0 Å². The summed E-state index contributed by atoms with van der Waals surface area (Å²) in [6, 6.07) is 0. The van der Waals surface area contributed by atoms with Crippen LogP contribution in [0.2, 0.25) is 0 Å². The van der Waals surface area contributed by atoms with Crippen LogP contribution < -0.4 is 0 Å². The van der Waals surface area contributed by atoms with Crippen molar-refractivity contribution in [1.82, 2.24) is 4.90 Å². The van der Waals surface area contributed by atoms with Gasteiger partial charge in [-0.25, -0.2) is 0 Å². The van der Waals surface area contributed by atoms with Gasteiger partial charge in [-0.1, -0.05) is 20.8 Å². The molecule has 1 atom stereocenters. The van der Waals surface area contributed by atoms with E-state index in [4.69, 9.17) is 0 Å². The van der Waals surface area contributed by atoms with Gasteiger partial charge in [-0.2, -0.15) is 0 Å². The number of hydrogen-bond donors (Lipinski definition) is 1. The molecule has 1 aliphatic heterocycles. The van der Waals surface area contributed by atoms with E-state index >= 15 is 0 Å². The van der Waals surface area contributed by atoms with Crippen LogP contribution in [0.5, 0.6) is 0 Å². The fraction of sp³-hybridized carbons (Fsp3) is 0.857. The van der Waals surface area contributed by atoms with Crippen molar-refractivity contribution in [2.75, 3.05) is 6.54 Å². The lowest BCUT2D eigenvalue weighted by atomic mass is 9.71. The first-order valence-corrected chi connectivity index (χ1v) is 6.79. The van der Waals surface area contributed by atoms with E-state index in [2.05, 4.69) is 13.8 Å². The fourth-order valence-electron chi connectivity index (χ4n) is 2.86. The van der Waals surface area contributed by atoms with Crippen LogP contribution in [0, 0.1) is 11.3 Å². The summed E-state index contributed by atoms with van der Waals surface area (Å²) in [7, 11) is 0. The molecule has 0 aromatic heterocycles. The predicted molar refractivity (Wildman–Crippen MR) is 67.7 cm³/mol. The summed E-state index contributed by atoms with van der Waals surface area (Å²) in [5.74, 6) is -0.481. The minimum Gasteiger partial charge on any atom is -0.388 e. The second kappa shape index (κ2) is 4.34. The summed E-state index contributed by atoms with van der Waals surface area (Å²) in [6.07, 6.45) is 3.52. The Morgan fingerprint density at radius 2 is 1.78 bits per heavy atom. The molecule has 0 spiro atoms. The lowest BCUT2D eigenvalue weighted by Gasteiger charge is -2.41. The molecule has 0 aromatic carbocycles. The highest BCUT2D eigenvalue weighted by Gasteiger charge is 2.43. The van der Waals surface area contributed by atoms with Crippen LogP contribution in [-0.4, -0.2) is 34.0 Å². The maximum Gasteiger partial charge on any atom is 0.232 e. The quantitative estimate of drug-likeness (QED) is 0.762. The van der Waals surface area contributed by atoms with Crippen molar-refractivity contribution in [2.45, 2.75) is 58.5 Å². The second-order valence-corrected chi connectivity index (χ2v) is 6.81. The van der Waals surface area contributed by atoms with Crippen molar-refractivity contribution in [3.63, 3.8) is 0 Å². The number of hydrogen-bond acceptors (Lipinski definition) is 3. The van der Waals surface area contributed by atoms with Crippen LogP contribution in [0.3, 0.4) is 0 Å². The van der Waals surface area contributed by atoms with Crippen molar-refractivity contribution < 1.29 is 14.7 Å². The lowest BCUT2D eigenvalue weighted by Crippen LogP contribution is -2.48. The van der Waals surface area contributed by atoms with Gasteiger partial charge in [0.15, 0.2) is 0 Å². The van der Waals surface area contributed by atoms with E-state index in [1.165, 1.54) is 4.90 Å². The van der Waals surface area contributed by atoms with Crippen LogP contribution in [0.1, 0.15) is 52.9 Å². The topological polar surface area (TPSA) is 57.6 Å². The zero-order valence-electron chi connectivity index (χ0n) is 11.5. The maximum atomic E-state index is 11.9. The third-order valence-electron chi connectivity index (χ3n) is 4.46. The zero-order valence-corrected chi connectivity index (χ0v) is 11.5. The van der Waals surface area contributed by atoms with Crippen LogP contribution in [0.25, 0.3) is 0 Å². The second-order valence-electron chi connectivity index (χ2n) is 6.81. The third kappa shape index (κ3) is 2.58. The van der Waals surface area contributed by atoms with Gasteiger partial charge in [0.2, 0.25) is 11.8 Å². The number of aliphatic hydroxyl groups is 1. The number of rotatable bonds is 2. The van der Waals surface area contributed by atoms with E-state index in [-0.39, 0.29) is 29.7 Å². The Labute approximate surface area is 108 Å². The van der Waals surface area contributed by atoms with E-state index in [0.29, 0.717) is 19.3 Å².